The highest BCUT2D eigenvalue weighted by Crippen LogP contribution is 2.49. The van der Waals surface area contributed by atoms with Gasteiger partial charge in [0.2, 0.25) is 0 Å². The standard InChI is InChI=1S/C34H40BrN5O5/c1-5-44-31(42)24(37-27-26(35)28(41)34(27)16-7-6-8-17-34)20-21-11-13-22(14-12-21)40-29-23(10-9-18-36-29)38-30(40)25-15-19-39(25)32(43)45-33(2,3)4/h9-14,18,24-26H,5-8,15-17,19-20H2,1-4H3/t24-,25-,26?/m0/s1. The Labute approximate surface area is 271 Å². The van der Waals surface area contributed by atoms with Crippen molar-refractivity contribution in [3.8, 4) is 5.69 Å². The first-order valence-corrected chi connectivity index (χ1v) is 16.8. The lowest BCUT2D eigenvalue weighted by Gasteiger charge is -2.47. The molecule has 3 aromatic rings. The van der Waals surface area contributed by atoms with Gasteiger partial charge in [-0.15, -0.1) is 0 Å². The van der Waals surface area contributed by atoms with E-state index in [1.165, 1.54) is 0 Å². The van der Waals surface area contributed by atoms with Crippen LogP contribution in [0.4, 0.5) is 4.79 Å². The molecule has 1 aromatic carbocycles. The van der Waals surface area contributed by atoms with Gasteiger partial charge in [-0.2, -0.15) is 0 Å². The van der Waals surface area contributed by atoms with Crippen molar-refractivity contribution in [3.05, 3.63) is 54.0 Å². The molecule has 45 heavy (non-hydrogen) atoms. The van der Waals surface area contributed by atoms with Crippen molar-refractivity contribution in [2.24, 2.45) is 10.4 Å². The summed E-state index contributed by atoms with van der Waals surface area (Å²) < 4.78 is 13.1. The van der Waals surface area contributed by atoms with Crippen LogP contribution in [-0.2, 0) is 25.5 Å². The topological polar surface area (TPSA) is 116 Å². The number of amides is 1. The second-order valence-corrected chi connectivity index (χ2v) is 14.1. The van der Waals surface area contributed by atoms with Gasteiger partial charge in [0.05, 0.1) is 18.1 Å². The molecule has 11 heteroatoms. The van der Waals surface area contributed by atoms with E-state index in [4.69, 9.17) is 19.5 Å². The molecule has 6 rings (SSSR count). The quantitative estimate of drug-likeness (QED) is 0.212. The van der Waals surface area contributed by atoms with Gasteiger partial charge >= 0.3 is 12.1 Å². The Morgan fingerprint density at radius 1 is 1.13 bits per heavy atom. The Bertz CT molecular complexity index is 1640. The molecule has 1 amide bonds. The average Bonchev–Trinajstić information content (AvgIpc) is 3.36. The first kappa shape index (κ1) is 31.4. The largest absolute Gasteiger partial charge is 0.464 e. The number of nitrogens with zero attached hydrogens (tertiary/aromatic N) is 5. The molecular formula is C34H40BrN5O5. The van der Waals surface area contributed by atoms with Gasteiger partial charge in [-0.1, -0.05) is 47.3 Å². The monoisotopic (exact) mass is 677 g/mol. The number of ether oxygens (including phenoxy) is 2. The van der Waals surface area contributed by atoms with Crippen LogP contribution in [0.2, 0.25) is 0 Å². The number of halogens is 1. The van der Waals surface area contributed by atoms with Crippen molar-refractivity contribution in [1.82, 2.24) is 19.4 Å². The van der Waals surface area contributed by atoms with Gasteiger partial charge in [-0.05, 0) is 76.8 Å². The summed E-state index contributed by atoms with van der Waals surface area (Å²) in [6.07, 6.45) is 7.16. The minimum Gasteiger partial charge on any atom is -0.464 e. The Morgan fingerprint density at radius 2 is 1.87 bits per heavy atom. The van der Waals surface area contributed by atoms with Crippen LogP contribution in [0.3, 0.4) is 0 Å². The second-order valence-electron chi connectivity index (χ2n) is 13.2. The number of esters is 1. The number of aromatic nitrogens is 3. The van der Waals surface area contributed by atoms with Gasteiger partial charge in [0.1, 0.15) is 21.8 Å². The van der Waals surface area contributed by atoms with Crippen LogP contribution in [0.5, 0.6) is 0 Å². The van der Waals surface area contributed by atoms with E-state index >= 15 is 0 Å². The maximum atomic E-state index is 13.1. The van der Waals surface area contributed by atoms with Crippen molar-refractivity contribution < 1.29 is 23.9 Å². The van der Waals surface area contributed by atoms with Gasteiger partial charge in [-0.25, -0.2) is 19.6 Å². The molecule has 1 unspecified atom stereocenters. The van der Waals surface area contributed by atoms with E-state index in [1.54, 1.807) is 18.0 Å². The lowest BCUT2D eigenvalue weighted by molar-refractivity contribution is -0.144. The van der Waals surface area contributed by atoms with E-state index in [2.05, 4.69) is 20.9 Å². The van der Waals surface area contributed by atoms with E-state index in [1.807, 2.05) is 61.7 Å². The summed E-state index contributed by atoms with van der Waals surface area (Å²) in [6, 6.07) is 10.7. The fourth-order valence-corrected chi connectivity index (χ4v) is 7.69. The van der Waals surface area contributed by atoms with Gasteiger partial charge in [0, 0.05) is 30.6 Å². The number of fused-ring (bicyclic) bond motifs is 1. The van der Waals surface area contributed by atoms with Crippen LogP contribution < -0.4 is 0 Å². The van der Waals surface area contributed by atoms with E-state index in [0.29, 0.717) is 18.6 Å². The SMILES string of the molecule is CCOC(=O)[C@H](Cc1ccc(-n2c([C@@H]3CCN3C(=O)OC(C)(C)C)nc3cccnc32)cc1)N=C1C(Br)C(=O)C12CCCCC2. The Kier molecular flexibility index (Phi) is 8.58. The van der Waals surface area contributed by atoms with E-state index in [0.717, 1.165) is 66.8 Å². The molecule has 0 radical (unpaired) electrons. The number of rotatable bonds is 7. The third-order valence-corrected chi connectivity index (χ3v) is 9.85. The summed E-state index contributed by atoms with van der Waals surface area (Å²) in [7, 11) is 0. The first-order chi connectivity index (χ1) is 21.5. The molecule has 2 aliphatic carbocycles. The minimum absolute atomic E-state index is 0.182. The van der Waals surface area contributed by atoms with Crippen LogP contribution in [0.15, 0.2) is 47.6 Å². The zero-order valence-electron chi connectivity index (χ0n) is 26.3. The van der Waals surface area contributed by atoms with Crippen LogP contribution in [0.25, 0.3) is 16.9 Å². The number of imidazole rings is 1. The molecule has 1 saturated heterocycles. The molecular weight excluding hydrogens is 638 g/mol. The summed E-state index contributed by atoms with van der Waals surface area (Å²) in [5.41, 5.74) is 2.84. The molecule has 2 aromatic heterocycles. The predicted octanol–water partition coefficient (Wildman–Crippen LogP) is 6.31. The van der Waals surface area contributed by atoms with Gasteiger partial charge in [0.15, 0.2) is 17.5 Å². The summed E-state index contributed by atoms with van der Waals surface area (Å²) in [6.45, 7) is 8.21. The summed E-state index contributed by atoms with van der Waals surface area (Å²) in [5.74, 6) is 0.514. The number of benzene rings is 1. The molecule has 238 valence electrons. The lowest BCUT2D eigenvalue weighted by atomic mass is 9.58. The highest BCUT2D eigenvalue weighted by Gasteiger charge is 2.58. The summed E-state index contributed by atoms with van der Waals surface area (Å²) in [4.78, 5) is 54.8. The Morgan fingerprint density at radius 3 is 2.51 bits per heavy atom. The molecule has 3 aliphatic rings. The number of hydrogen-bond donors (Lipinski definition) is 0. The molecule has 2 saturated carbocycles. The first-order valence-electron chi connectivity index (χ1n) is 15.9. The Balaban J connectivity index is 1.29. The van der Waals surface area contributed by atoms with Gasteiger partial charge < -0.3 is 9.47 Å². The molecule has 3 fully saturated rings. The maximum absolute atomic E-state index is 13.1. The number of carbonyl (C=O) groups is 3. The van der Waals surface area contributed by atoms with Crippen molar-refractivity contribution in [2.45, 2.75) is 95.2 Å². The molecule has 3 atom stereocenters. The van der Waals surface area contributed by atoms with Crippen LogP contribution >= 0.6 is 15.9 Å². The number of likely N-dealkylation sites (tertiary alicyclic amines) is 1. The van der Waals surface area contributed by atoms with E-state index in [-0.39, 0.29) is 24.5 Å². The summed E-state index contributed by atoms with van der Waals surface area (Å²) in [5, 5.41) is 0. The number of aliphatic imine (C=N–C) groups is 1. The third kappa shape index (κ3) is 5.91. The number of hydrogen-bond acceptors (Lipinski definition) is 8. The second kappa shape index (κ2) is 12.3. The van der Waals surface area contributed by atoms with Crippen LogP contribution in [0.1, 0.15) is 83.6 Å². The molecule has 0 N–H and O–H groups in total. The highest BCUT2D eigenvalue weighted by molar-refractivity contribution is 9.10. The highest BCUT2D eigenvalue weighted by atomic mass is 79.9. The predicted molar refractivity (Wildman–Crippen MR) is 174 cm³/mol. The van der Waals surface area contributed by atoms with Crippen molar-refractivity contribution in [1.29, 1.82) is 0 Å². The normalized spacial score (nSPS) is 22.6. The zero-order valence-corrected chi connectivity index (χ0v) is 27.9. The molecule has 3 heterocycles. The lowest BCUT2D eigenvalue weighted by Crippen LogP contribution is -2.61. The number of ketones is 1. The fraction of sp³-hybridized carbons (Fsp3) is 0.529. The maximum Gasteiger partial charge on any atom is 0.410 e. The smallest absolute Gasteiger partial charge is 0.410 e. The molecule has 1 spiro atoms. The zero-order chi connectivity index (χ0) is 31.9. The molecule has 0 bridgehead atoms. The number of carbonyl (C=O) groups excluding carboxylic acids is 3. The van der Waals surface area contributed by atoms with E-state index in [9.17, 15) is 14.4 Å². The van der Waals surface area contributed by atoms with Crippen molar-refractivity contribution in [2.75, 3.05) is 13.2 Å². The summed E-state index contributed by atoms with van der Waals surface area (Å²) >= 11 is 3.53. The van der Waals surface area contributed by atoms with Crippen LogP contribution in [-0.4, -0.2) is 72.6 Å². The molecule has 1 aliphatic heterocycles. The van der Waals surface area contributed by atoms with Gasteiger partial charge in [-0.3, -0.25) is 19.3 Å². The van der Waals surface area contributed by atoms with E-state index < -0.39 is 27.9 Å². The number of pyridine rings is 1. The van der Waals surface area contributed by atoms with Crippen molar-refractivity contribution >= 4 is 50.7 Å². The average molecular weight is 679 g/mol. The minimum atomic E-state index is -0.749. The van der Waals surface area contributed by atoms with Gasteiger partial charge in [0.25, 0.3) is 0 Å². The Hall–Kier alpha value is -3.60. The number of Topliss-reactive ketones (excluding diaryl/α,β-unsaturated/α-hetero) is 1. The fourth-order valence-electron chi connectivity index (χ4n) is 6.70. The molecule has 10 nitrogen and oxygen atoms in total. The number of alkyl halides is 1. The third-order valence-electron chi connectivity index (χ3n) is 9.00. The van der Waals surface area contributed by atoms with Crippen LogP contribution in [0, 0.1) is 5.41 Å². The van der Waals surface area contributed by atoms with Crippen molar-refractivity contribution in [3.63, 3.8) is 0 Å².